The summed E-state index contributed by atoms with van der Waals surface area (Å²) in [5.74, 6) is 0.647. The van der Waals surface area contributed by atoms with Crippen LogP contribution in [-0.2, 0) is 17.9 Å². The van der Waals surface area contributed by atoms with Gasteiger partial charge in [0.15, 0.2) is 0 Å². The minimum absolute atomic E-state index is 0.142. The first kappa shape index (κ1) is 20.7. The van der Waals surface area contributed by atoms with Crippen molar-refractivity contribution in [2.24, 2.45) is 0 Å². The number of rotatable bonds is 8. The number of unbranched alkanes of at least 4 members (excludes halogenated alkanes) is 1. The topological polar surface area (TPSA) is 59.0 Å². The van der Waals surface area contributed by atoms with Crippen molar-refractivity contribution < 1.29 is 19.4 Å². The van der Waals surface area contributed by atoms with E-state index in [-0.39, 0.29) is 18.7 Å². The molecule has 0 aliphatic carbocycles. The number of ether oxygens (including phenoxy) is 2. The maximum Gasteiger partial charge on any atom is 0.339 e. The quantitative estimate of drug-likeness (QED) is 0.595. The molecule has 1 N–H and O–H groups in total. The molecule has 1 saturated heterocycles. The molecule has 160 valence electrons. The number of phenolic OH excluding ortho intramolecular Hbond substituents is 1. The monoisotopic (exact) mass is 409 g/mol. The summed E-state index contributed by atoms with van der Waals surface area (Å²) in [5.41, 5.74) is 3.24. The molecule has 2 aliphatic rings. The number of likely N-dealkylation sites (tertiary alicyclic amines) is 1. The van der Waals surface area contributed by atoms with Gasteiger partial charge in [0.05, 0.1) is 5.56 Å². The van der Waals surface area contributed by atoms with Crippen molar-refractivity contribution in [1.82, 2.24) is 4.90 Å². The lowest BCUT2D eigenvalue weighted by Gasteiger charge is -2.27. The Balaban J connectivity index is 1.42. The summed E-state index contributed by atoms with van der Waals surface area (Å²) in [6.45, 7) is 5.33. The van der Waals surface area contributed by atoms with Crippen molar-refractivity contribution >= 4 is 5.97 Å². The van der Waals surface area contributed by atoms with Crippen LogP contribution < -0.4 is 4.74 Å². The smallest absolute Gasteiger partial charge is 0.339 e. The largest absolute Gasteiger partial charge is 0.507 e. The molecule has 0 spiro atoms. The lowest BCUT2D eigenvalue weighted by molar-refractivity contribution is 0.0364. The molecule has 0 saturated carbocycles. The highest BCUT2D eigenvalue weighted by Gasteiger charge is 2.30. The average Bonchev–Trinajstić information content (AvgIpc) is 3.08. The number of benzene rings is 2. The number of hydrogen-bond acceptors (Lipinski definition) is 5. The fourth-order valence-corrected chi connectivity index (χ4v) is 4.35. The SMILES string of the molecule is CCCCC1OC(=O)c2cc(OCc3cccc(CN4CCCCC4)c3O)ccc21. The number of cyclic esters (lactones) is 1. The number of esters is 1. The van der Waals surface area contributed by atoms with Crippen molar-refractivity contribution in [3.05, 3.63) is 58.7 Å². The molecule has 1 unspecified atom stereocenters. The maximum absolute atomic E-state index is 12.2. The number of hydrogen-bond donors (Lipinski definition) is 1. The fourth-order valence-electron chi connectivity index (χ4n) is 4.35. The highest BCUT2D eigenvalue weighted by molar-refractivity contribution is 5.94. The second kappa shape index (κ2) is 9.52. The zero-order valence-electron chi connectivity index (χ0n) is 17.7. The first-order chi connectivity index (χ1) is 14.7. The van der Waals surface area contributed by atoms with Gasteiger partial charge in [0.1, 0.15) is 24.2 Å². The standard InChI is InChI=1S/C25H31NO4/c1-2-3-10-23-21-12-11-20(15-22(21)25(28)30-23)29-17-19-9-7-8-18(24(19)27)16-26-13-5-4-6-14-26/h7-9,11-12,15,23,27H,2-6,10,13-14,16-17H2,1H3. The van der Waals surface area contributed by atoms with Gasteiger partial charge in [-0.05, 0) is 50.9 Å². The van der Waals surface area contributed by atoms with Gasteiger partial charge in [-0.1, -0.05) is 44.0 Å². The normalized spacial score (nSPS) is 18.8. The lowest BCUT2D eigenvalue weighted by atomic mass is 10.0. The number of carbonyl (C=O) groups excluding carboxylic acids is 1. The van der Waals surface area contributed by atoms with Gasteiger partial charge in [-0.15, -0.1) is 0 Å². The molecule has 2 aliphatic heterocycles. The molecular formula is C25H31NO4. The molecule has 5 nitrogen and oxygen atoms in total. The predicted molar refractivity (Wildman–Crippen MR) is 116 cm³/mol. The van der Waals surface area contributed by atoms with E-state index in [0.717, 1.165) is 55.6 Å². The van der Waals surface area contributed by atoms with Gasteiger partial charge in [-0.2, -0.15) is 0 Å². The van der Waals surface area contributed by atoms with Gasteiger partial charge in [-0.3, -0.25) is 4.90 Å². The van der Waals surface area contributed by atoms with Crippen LogP contribution in [-0.4, -0.2) is 29.1 Å². The molecule has 5 heteroatoms. The van der Waals surface area contributed by atoms with Crippen LogP contribution in [0, 0.1) is 0 Å². The summed E-state index contributed by atoms with van der Waals surface area (Å²) in [5, 5.41) is 10.7. The molecular weight excluding hydrogens is 378 g/mol. The summed E-state index contributed by atoms with van der Waals surface area (Å²) in [6, 6.07) is 11.4. The molecule has 2 aromatic carbocycles. The highest BCUT2D eigenvalue weighted by Crippen LogP contribution is 2.36. The summed E-state index contributed by atoms with van der Waals surface area (Å²) < 4.78 is 11.4. The van der Waals surface area contributed by atoms with E-state index in [1.807, 2.05) is 30.3 Å². The van der Waals surface area contributed by atoms with Crippen molar-refractivity contribution in [1.29, 1.82) is 0 Å². The van der Waals surface area contributed by atoms with Crippen molar-refractivity contribution in [2.75, 3.05) is 13.1 Å². The number of para-hydroxylation sites is 1. The molecule has 0 amide bonds. The van der Waals surface area contributed by atoms with Crippen molar-refractivity contribution in [3.8, 4) is 11.5 Å². The molecule has 0 aromatic heterocycles. The number of carbonyl (C=O) groups is 1. The first-order valence-corrected chi connectivity index (χ1v) is 11.2. The summed E-state index contributed by atoms with van der Waals surface area (Å²) in [7, 11) is 0. The highest BCUT2D eigenvalue weighted by atomic mass is 16.5. The number of nitrogens with zero attached hydrogens (tertiary/aromatic N) is 1. The van der Waals surface area contributed by atoms with E-state index in [1.165, 1.54) is 19.3 Å². The Kier molecular flexibility index (Phi) is 6.58. The van der Waals surface area contributed by atoms with E-state index in [4.69, 9.17) is 9.47 Å². The number of piperidine rings is 1. The number of aromatic hydroxyl groups is 1. The Morgan fingerprint density at radius 3 is 2.73 bits per heavy atom. The molecule has 0 bridgehead atoms. The van der Waals surface area contributed by atoms with Gasteiger partial charge >= 0.3 is 5.97 Å². The van der Waals surface area contributed by atoms with E-state index in [0.29, 0.717) is 17.1 Å². The van der Waals surface area contributed by atoms with E-state index >= 15 is 0 Å². The third kappa shape index (κ3) is 4.62. The average molecular weight is 410 g/mol. The van der Waals surface area contributed by atoms with Crippen molar-refractivity contribution in [2.45, 2.75) is 64.7 Å². The lowest BCUT2D eigenvalue weighted by Crippen LogP contribution is -2.29. The zero-order valence-corrected chi connectivity index (χ0v) is 17.7. The maximum atomic E-state index is 12.2. The van der Waals surface area contributed by atoms with Crippen molar-refractivity contribution in [3.63, 3.8) is 0 Å². The van der Waals surface area contributed by atoms with E-state index in [9.17, 15) is 9.90 Å². The molecule has 1 fully saturated rings. The van der Waals surface area contributed by atoms with Crippen LogP contribution in [0.4, 0.5) is 0 Å². The Hall–Kier alpha value is -2.53. The summed E-state index contributed by atoms with van der Waals surface area (Å²) in [6.07, 6.45) is 6.56. The van der Waals surface area contributed by atoms with E-state index < -0.39 is 0 Å². The minimum Gasteiger partial charge on any atom is -0.507 e. The van der Waals surface area contributed by atoms with Crippen LogP contribution in [0.1, 0.15) is 78.6 Å². The Labute approximate surface area is 178 Å². The second-order valence-electron chi connectivity index (χ2n) is 8.34. The van der Waals surface area contributed by atoms with Crippen LogP contribution in [0.25, 0.3) is 0 Å². The predicted octanol–water partition coefficient (Wildman–Crippen LogP) is 5.36. The number of phenols is 1. The molecule has 0 radical (unpaired) electrons. The van der Waals surface area contributed by atoms with Gasteiger partial charge < -0.3 is 14.6 Å². The van der Waals surface area contributed by atoms with E-state index in [1.54, 1.807) is 6.07 Å². The first-order valence-electron chi connectivity index (χ1n) is 11.2. The van der Waals surface area contributed by atoms with E-state index in [2.05, 4.69) is 11.8 Å². The van der Waals surface area contributed by atoms with Crippen LogP contribution in [0.3, 0.4) is 0 Å². The zero-order chi connectivity index (χ0) is 20.9. The summed E-state index contributed by atoms with van der Waals surface area (Å²) in [4.78, 5) is 14.6. The summed E-state index contributed by atoms with van der Waals surface area (Å²) >= 11 is 0. The third-order valence-corrected chi connectivity index (χ3v) is 6.10. The molecule has 30 heavy (non-hydrogen) atoms. The molecule has 2 aromatic rings. The van der Waals surface area contributed by atoms with Crippen LogP contribution in [0.2, 0.25) is 0 Å². The second-order valence-corrected chi connectivity index (χ2v) is 8.34. The minimum atomic E-state index is -0.275. The molecule has 2 heterocycles. The Morgan fingerprint density at radius 1 is 1.13 bits per heavy atom. The molecule has 4 rings (SSSR count). The van der Waals surface area contributed by atoms with Gasteiger partial charge in [0, 0.05) is 23.2 Å². The number of fused-ring (bicyclic) bond motifs is 1. The Morgan fingerprint density at radius 2 is 1.93 bits per heavy atom. The van der Waals surface area contributed by atoms with Crippen LogP contribution in [0.5, 0.6) is 11.5 Å². The van der Waals surface area contributed by atoms with Crippen LogP contribution >= 0.6 is 0 Å². The fraction of sp³-hybridized carbons (Fsp3) is 0.480. The Bertz CT molecular complexity index is 889. The van der Waals surface area contributed by atoms with Crippen LogP contribution in [0.15, 0.2) is 36.4 Å². The van der Waals surface area contributed by atoms with Gasteiger partial charge in [-0.25, -0.2) is 4.79 Å². The molecule has 1 atom stereocenters. The van der Waals surface area contributed by atoms with Gasteiger partial charge in [0.25, 0.3) is 0 Å². The van der Waals surface area contributed by atoms with Gasteiger partial charge in [0.2, 0.25) is 0 Å². The third-order valence-electron chi connectivity index (χ3n) is 6.10.